The Labute approximate surface area is 105 Å². The molecule has 0 aliphatic rings. The Kier molecular flexibility index (Phi) is 3.11. The molecule has 0 atom stereocenters. The zero-order chi connectivity index (χ0) is 12.6. The number of aromatic nitrogens is 2. The van der Waals surface area contributed by atoms with Crippen LogP contribution in [0, 0.1) is 20.8 Å². The smallest absolute Gasteiger partial charge is 0.148 e. The third kappa shape index (κ3) is 2.29. The van der Waals surface area contributed by atoms with Crippen LogP contribution in [0.5, 0.6) is 0 Å². The number of rotatable bonds is 3. The predicted molar refractivity (Wildman–Crippen MR) is 73.5 cm³/mol. The highest BCUT2D eigenvalue weighted by molar-refractivity contribution is 7.12. The van der Waals surface area contributed by atoms with Crippen LogP contribution in [-0.4, -0.2) is 9.78 Å². The molecule has 17 heavy (non-hydrogen) atoms. The van der Waals surface area contributed by atoms with E-state index in [2.05, 4.69) is 30.3 Å². The van der Waals surface area contributed by atoms with Crippen molar-refractivity contribution in [2.24, 2.45) is 7.05 Å². The van der Waals surface area contributed by atoms with Gasteiger partial charge < -0.3 is 11.1 Å². The summed E-state index contributed by atoms with van der Waals surface area (Å²) < 4.78 is 1.79. The maximum absolute atomic E-state index is 5.96. The van der Waals surface area contributed by atoms with Crippen molar-refractivity contribution in [1.82, 2.24) is 9.78 Å². The summed E-state index contributed by atoms with van der Waals surface area (Å²) in [4.78, 5) is 2.69. The van der Waals surface area contributed by atoms with Gasteiger partial charge in [-0.15, -0.1) is 11.3 Å². The van der Waals surface area contributed by atoms with Crippen molar-refractivity contribution in [3.63, 3.8) is 0 Å². The summed E-state index contributed by atoms with van der Waals surface area (Å²) in [5, 5.41) is 7.62. The SMILES string of the molecule is Cc1cc(CNc2c(N)c(C)nn2C)sc1C. The molecule has 0 spiro atoms. The second-order valence-electron chi connectivity index (χ2n) is 4.28. The highest BCUT2D eigenvalue weighted by Gasteiger charge is 2.10. The molecular formula is C12H18N4S. The van der Waals surface area contributed by atoms with Crippen molar-refractivity contribution in [2.45, 2.75) is 27.3 Å². The molecule has 4 nitrogen and oxygen atoms in total. The Bertz CT molecular complexity index is 519. The minimum Gasteiger partial charge on any atom is -0.394 e. The number of nitrogens with zero attached hydrogens (tertiary/aromatic N) is 2. The maximum Gasteiger partial charge on any atom is 0.148 e. The van der Waals surface area contributed by atoms with Gasteiger partial charge in [-0.1, -0.05) is 0 Å². The van der Waals surface area contributed by atoms with Gasteiger partial charge in [-0.05, 0) is 32.4 Å². The lowest BCUT2D eigenvalue weighted by Crippen LogP contribution is -2.05. The molecule has 2 rings (SSSR count). The van der Waals surface area contributed by atoms with Crippen LogP contribution in [0.3, 0.4) is 0 Å². The fourth-order valence-corrected chi connectivity index (χ4v) is 2.79. The zero-order valence-electron chi connectivity index (χ0n) is 10.7. The summed E-state index contributed by atoms with van der Waals surface area (Å²) >= 11 is 1.82. The van der Waals surface area contributed by atoms with Crippen LogP contribution in [0.1, 0.15) is 21.0 Å². The van der Waals surface area contributed by atoms with Crippen LogP contribution in [0.15, 0.2) is 6.07 Å². The lowest BCUT2D eigenvalue weighted by molar-refractivity contribution is 0.758. The summed E-state index contributed by atoms with van der Waals surface area (Å²) in [6, 6.07) is 2.21. The number of hydrogen-bond acceptors (Lipinski definition) is 4. The quantitative estimate of drug-likeness (QED) is 0.880. The van der Waals surface area contributed by atoms with E-state index in [4.69, 9.17) is 5.73 Å². The summed E-state index contributed by atoms with van der Waals surface area (Å²) in [5.74, 6) is 0.895. The van der Waals surface area contributed by atoms with E-state index in [-0.39, 0.29) is 0 Å². The Morgan fingerprint density at radius 2 is 2.12 bits per heavy atom. The molecular weight excluding hydrogens is 232 g/mol. The number of anilines is 2. The van der Waals surface area contributed by atoms with E-state index in [9.17, 15) is 0 Å². The van der Waals surface area contributed by atoms with Crippen LogP contribution >= 0.6 is 11.3 Å². The average Bonchev–Trinajstić information content (AvgIpc) is 2.69. The maximum atomic E-state index is 5.96. The van der Waals surface area contributed by atoms with Crippen LogP contribution in [0.2, 0.25) is 0 Å². The molecule has 0 amide bonds. The van der Waals surface area contributed by atoms with Gasteiger partial charge in [0.15, 0.2) is 0 Å². The first kappa shape index (κ1) is 12.0. The van der Waals surface area contributed by atoms with Crippen molar-refractivity contribution in [3.8, 4) is 0 Å². The summed E-state index contributed by atoms with van der Waals surface area (Å²) in [7, 11) is 1.90. The molecule has 0 fully saturated rings. The molecule has 0 aliphatic carbocycles. The zero-order valence-corrected chi connectivity index (χ0v) is 11.5. The Hall–Kier alpha value is -1.49. The highest BCUT2D eigenvalue weighted by atomic mass is 32.1. The predicted octanol–water partition coefficient (Wildman–Crippen LogP) is 2.60. The molecule has 92 valence electrons. The fraction of sp³-hybridized carbons (Fsp3) is 0.417. The number of thiophene rings is 1. The number of hydrogen-bond donors (Lipinski definition) is 2. The molecule has 0 radical (unpaired) electrons. The molecule has 0 aliphatic heterocycles. The first-order chi connectivity index (χ1) is 7.99. The second-order valence-corrected chi connectivity index (χ2v) is 5.62. The largest absolute Gasteiger partial charge is 0.394 e. The molecule has 5 heteroatoms. The van der Waals surface area contributed by atoms with Gasteiger partial charge in [-0.25, -0.2) is 0 Å². The van der Waals surface area contributed by atoms with Crippen molar-refractivity contribution in [1.29, 1.82) is 0 Å². The monoisotopic (exact) mass is 250 g/mol. The lowest BCUT2D eigenvalue weighted by atomic mass is 10.3. The van der Waals surface area contributed by atoms with Crippen LogP contribution < -0.4 is 11.1 Å². The van der Waals surface area contributed by atoms with Gasteiger partial charge in [0.1, 0.15) is 5.82 Å². The Morgan fingerprint density at radius 1 is 1.41 bits per heavy atom. The van der Waals surface area contributed by atoms with Crippen molar-refractivity contribution in [2.75, 3.05) is 11.1 Å². The lowest BCUT2D eigenvalue weighted by Gasteiger charge is -2.05. The van der Waals surface area contributed by atoms with Gasteiger partial charge in [0, 0.05) is 16.8 Å². The molecule has 2 heterocycles. The van der Waals surface area contributed by atoms with E-state index in [1.165, 1.54) is 15.3 Å². The molecule has 3 N–H and O–H groups in total. The van der Waals surface area contributed by atoms with Gasteiger partial charge in [0.05, 0.1) is 17.9 Å². The van der Waals surface area contributed by atoms with Crippen LogP contribution in [-0.2, 0) is 13.6 Å². The molecule has 2 aromatic rings. The van der Waals surface area contributed by atoms with E-state index >= 15 is 0 Å². The van der Waals surface area contributed by atoms with E-state index < -0.39 is 0 Å². The van der Waals surface area contributed by atoms with Crippen molar-refractivity contribution < 1.29 is 0 Å². The standard InChI is InChI=1S/C12H18N4S/c1-7-5-10(17-9(7)3)6-14-12-11(13)8(2)15-16(12)4/h5,14H,6,13H2,1-4H3. The molecule has 0 unspecified atom stereocenters. The Balaban J connectivity index is 2.12. The average molecular weight is 250 g/mol. The van der Waals surface area contributed by atoms with Gasteiger partial charge in [0.25, 0.3) is 0 Å². The van der Waals surface area contributed by atoms with Gasteiger partial charge >= 0.3 is 0 Å². The molecule has 0 bridgehead atoms. The number of nitrogens with two attached hydrogens (primary N) is 1. The van der Waals surface area contributed by atoms with E-state index in [1.807, 2.05) is 25.3 Å². The summed E-state index contributed by atoms with van der Waals surface area (Å²) in [6.07, 6.45) is 0. The second kappa shape index (κ2) is 4.41. The topological polar surface area (TPSA) is 55.9 Å². The van der Waals surface area contributed by atoms with Crippen molar-refractivity contribution >= 4 is 22.8 Å². The third-order valence-electron chi connectivity index (χ3n) is 2.92. The number of nitrogen functional groups attached to an aromatic ring is 1. The first-order valence-corrected chi connectivity index (χ1v) is 6.39. The normalized spacial score (nSPS) is 10.8. The minimum atomic E-state index is 0.734. The van der Waals surface area contributed by atoms with E-state index in [0.29, 0.717) is 0 Å². The Morgan fingerprint density at radius 3 is 2.59 bits per heavy atom. The van der Waals surface area contributed by atoms with E-state index in [0.717, 1.165) is 23.7 Å². The van der Waals surface area contributed by atoms with Crippen LogP contribution in [0.4, 0.5) is 11.5 Å². The minimum absolute atomic E-state index is 0.734. The molecule has 0 aromatic carbocycles. The molecule has 0 saturated heterocycles. The fourth-order valence-electron chi connectivity index (χ4n) is 1.79. The first-order valence-electron chi connectivity index (χ1n) is 5.58. The van der Waals surface area contributed by atoms with Gasteiger partial charge in [-0.2, -0.15) is 5.10 Å². The van der Waals surface area contributed by atoms with Gasteiger partial charge in [0.2, 0.25) is 0 Å². The van der Waals surface area contributed by atoms with Crippen molar-refractivity contribution in [3.05, 3.63) is 27.1 Å². The molecule has 0 saturated carbocycles. The van der Waals surface area contributed by atoms with Crippen LogP contribution in [0.25, 0.3) is 0 Å². The molecule has 2 aromatic heterocycles. The third-order valence-corrected chi connectivity index (χ3v) is 4.07. The highest BCUT2D eigenvalue weighted by Crippen LogP contribution is 2.24. The number of aryl methyl sites for hydroxylation is 4. The van der Waals surface area contributed by atoms with E-state index in [1.54, 1.807) is 4.68 Å². The number of nitrogens with one attached hydrogen (secondary N) is 1. The summed E-state index contributed by atoms with van der Waals surface area (Å²) in [6.45, 7) is 6.99. The van der Waals surface area contributed by atoms with Gasteiger partial charge in [-0.3, -0.25) is 4.68 Å². The summed E-state index contributed by atoms with van der Waals surface area (Å²) in [5.41, 5.74) is 8.91.